The third-order valence-corrected chi connectivity index (χ3v) is 4.26. The Labute approximate surface area is 127 Å². The fourth-order valence-corrected chi connectivity index (χ4v) is 2.69. The van der Waals surface area contributed by atoms with Crippen molar-refractivity contribution in [1.82, 2.24) is 20.6 Å². The van der Waals surface area contributed by atoms with Crippen LogP contribution in [0.1, 0.15) is 25.5 Å². The maximum Gasteiger partial charge on any atom is 0.237 e. The van der Waals surface area contributed by atoms with Crippen molar-refractivity contribution in [3.05, 3.63) is 35.5 Å². The van der Waals surface area contributed by atoms with Gasteiger partial charge >= 0.3 is 0 Å². The van der Waals surface area contributed by atoms with Gasteiger partial charge in [0.25, 0.3) is 0 Å². The van der Waals surface area contributed by atoms with E-state index in [0.717, 1.165) is 29.2 Å². The molecule has 0 radical (unpaired) electrons. The molecule has 2 heterocycles. The number of rotatable bonds is 6. The van der Waals surface area contributed by atoms with Crippen molar-refractivity contribution < 1.29 is 4.79 Å². The zero-order valence-electron chi connectivity index (χ0n) is 11.9. The molecule has 0 aliphatic heterocycles. The smallest absolute Gasteiger partial charge is 0.237 e. The third kappa shape index (κ3) is 3.86. The summed E-state index contributed by atoms with van der Waals surface area (Å²) in [6.07, 6.45) is 3.98. The number of carbonyl (C=O) groups is 1. The second-order valence-corrected chi connectivity index (χ2v) is 6.10. The molecule has 0 spiro atoms. The minimum absolute atomic E-state index is 0.0673. The fraction of sp³-hybridized carbons (Fsp3) is 0.400. The van der Waals surface area contributed by atoms with Gasteiger partial charge in [-0.15, -0.1) is 11.3 Å². The number of amides is 1. The van der Waals surface area contributed by atoms with E-state index >= 15 is 0 Å². The maximum atomic E-state index is 11.8. The monoisotopic (exact) mass is 302 g/mol. The van der Waals surface area contributed by atoms with Crippen LogP contribution in [-0.2, 0) is 11.3 Å². The molecule has 1 atom stereocenters. The Morgan fingerprint density at radius 2 is 2.33 bits per heavy atom. The highest BCUT2D eigenvalue weighted by Gasteiger charge is 2.25. The molecule has 1 fully saturated rings. The average Bonchev–Trinajstić information content (AvgIpc) is 3.20. The highest BCUT2D eigenvalue weighted by molar-refractivity contribution is 7.13. The number of hydrogen-bond acceptors (Lipinski definition) is 5. The molecule has 1 saturated carbocycles. The first-order valence-electron chi connectivity index (χ1n) is 7.12. The van der Waals surface area contributed by atoms with Crippen LogP contribution >= 0.6 is 11.3 Å². The molecule has 2 aromatic heterocycles. The number of nitrogens with one attached hydrogen (secondary N) is 2. The molecule has 110 valence electrons. The Bertz CT molecular complexity index is 609. The molecule has 1 amide bonds. The van der Waals surface area contributed by atoms with Gasteiger partial charge in [-0.3, -0.25) is 9.78 Å². The van der Waals surface area contributed by atoms with Gasteiger partial charge in [0.15, 0.2) is 0 Å². The number of aromatic nitrogens is 2. The van der Waals surface area contributed by atoms with Crippen LogP contribution in [0.5, 0.6) is 0 Å². The average molecular weight is 302 g/mol. The lowest BCUT2D eigenvalue weighted by atomic mass is 10.3. The topological polar surface area (TPSA) is 66.9 Å². The van der Waals surface area contributed by atoms with Crippen LogP contribution in [0, 0.1) is 0 Å². The lowest BCUT2D eigenvalue weighted by Gasteiger charge is -2.12. The highest BCUT2D eigenvalue weighted by Crippen LogP contribution is 2.21. The van der Waals surface area contributed by atoms with Crippen molar-refractivity contribution in [2.45, 2.75) is 38.4 Å². The summed E-state index contributed by atoms with van der Waals surface area (Å²) in [5.41, 5.74) is 1.82. The summed E-state index contributed by atoms with van der Waals surface area (Å²) >= 11 is 1.57. The first kappa shape index (κ1) is 14.2. The normalized spacial score (nSPS) is 15.7. The van der Waals surface area contributed by atoms with E-state index in [2.05, 4.69) is 20.6 Å². The summed E-state index contributed by atoms with van der Waals surface area (Å²) < 4.78 is 0. The lowest BCUT2D eigenvalue weighted by molar-refractivity contribution is -0.122. The predicted molar refractivity (Wildman–Crippen MR) is 82.8 cm³/mol. The number of hydrogen-bond donors (Lipinski definition) is 2. The molecule has 0 bridgehead atoms. The Morgan fingerprint density at radius 1 is 1.48 bits per heavy atom. The second-order valence-electron chi connectivity index (χ2n) is 5.24. The van der Waals surface area contributed by atoms with Gasteiger partial charge in [0.1, 0.15) is 5.01 Å². The molecular formula is C15H18N4OS. The molecule has 2 aromatic rings. The van der Waals surface area contributed by atoms with Gasteiger partial charge in [0, 0.05) is 24.2 Å². The highest BCUT2D eigenvalue weighted by atomic mass is 32.1. The van der Waals surface area contributed by atoms with E-state index in [1.807, 2.05) is 30.5 Å². The molecule has 5 nitrogen and oxygen atoms in total. The van der Waals surface area contributed by atoms with E-state index in [4.69, 9.17) is 0 Å². The van der Waals surface area contributed by atoms with Crippen LogP contribution < -0.4 is 10.6 Å². The van der Waals surface area contributed by atoms with Crippen LogP contribution in [0.15, 0.2) is 29.8 Å². The first-order valence-corrected chi connectivity index (χ1v) is 8.00. The first-order chi connectivity index (χ1) is 10.2. The summed E-state index contributed by atoms with van der Waals surface area (Å²) in [7, 11) is 0. The van der Waals surface area contributed by atoms with E-state index < -0.39 is 0 Å². The van der Waals surface area contributed by atoms with E-state index in [-0.39, 0.29) is 11.9 Å². The van der Waals surface area contributed by atoms with E-state index in [9.17, 15) is 4.79 Å². The van der Waals surface area contributed by atoms with E-state index in [1.165, 1.54) is 0 Å². The summed E-state index contributed by atoms with van der Waals surface area (Å²) in [6.45, 7) is 2.46. The van der Waals surface area contributed by atoms with Crippen molar-refractivity contribution in [2.24, 2.45) is 0 Å². The number of thiazole rings is 1. The molecule has 2 N–H and O–H groups in total. The molecule has 1 aliphatic rings. The van der Waals surface area contributed by atoms with Gasteiger partial charge in [-0.1, -0.05) is 6.07 Å². The lowest BCUT2D eigenvalue weighted by Crippen LogP contribution is -2.42. The number of nitrogens with zero attached hydrogens (tertiary/aromatic N) is 2. The molecule has 21 heavy (non-hydrogen) atoms. The van der Waals surface area contributed by atoms with Crippen LogP contribution in [0.25, 0.3) is 10.7 Å². The molecule has 3 rings (SSSR count). The zero-order chi connectivity index (χ0) is 14.7. The molecule has 6 heteroatoms. The van der Waals surface area contributed by atoms with E-state index in [0.29, 0.717) is 12.6 Å². The maximum absolute atomic E-state index is 11.8. The molecule has 0 saturated heterocycles. The quantitative estimate of drug-likeness (QED) is 0.856. The molecular weight excluding hydrogens is 284 g/mol. The summed E-state index contributed by atoms with van der Waals surface area (Å²) in [6, 6.07) is 5.98. The molecule has 1 aliphatic carbocycles. The number of pyridine rings is 1. The van der Waals surface area contributed by atoms with Gasteiger partial charge in [-0.2, -0.15) is 0 Å². The van der Waals surface area contributed by atoms with Crippen molar-refractivity contribution in [1.29, 1.82) is 0 Å². The number of carbonyl (C=O) groups excluding carboxylic acids is 1. The van der Waals surface area contributed by atoms with Crippen molar-refractivity contribution in [3.63, 3.8) is 0 Å². The van der Waals surface area contributed by atoms with Crippen LogP contribution in [0.4, 0.5) is 0 Å². The van der Waals surface area contributed by atoms with Crippen LogP contribution in [0.3, 0.4) is 0 Å². The zero-order valence-corrected chi connectivity index (χ0v) is 12.7. The van der Waals surface area contributed by atoms with Crippen molar-refractivity contribution >= 4 is 17.2 Å². The summed E-state index contributed by atoms with van der Waals surface area (Å²) in [5, 5.41) is 9.11. The molecule has 0 aromatic carbocycles. The predicted octanol–water partition coefficient (Wildman–Crippen LogP) is 1.96. The Hall–Kier alpha value is -1.79. The fourth-order valence-electron chi connectivity index (χ4n) is 1.90. The summed E-state index contributed by atoms with van der Waals surface area (Å²) in [5.74, 6) is 0.0673. The summed E-state index contributed by atoms with van der Waals surface area (Å²) in [4.78, 5) is 20.7. The minimum atomic E-state index is -0.203. The Balaban J connectivity index is 1.53. The van der Waals surface area contributed by atoms with Gasteiger partial charge in [-0.05, 0) is 31.9 Å². The van der Waals surface area contributed by atoms with Crippen LogP contribution in [0.2, 0.25) is 0 Å². The van der Waals surface area contributed by atoms with Crippen molar-refractivity contribution in [3.8, 4) is 10.7 Å². The van der Waals surface area contributed by atoms with Crippen LogP contribution in [-0.4, -0.2) is 28.0 Å². The van der Waals surface area contributed by atoms with Gasteiger partial charge < -0.3 is 10.6 Å². The largest absolute Gasteiger partial charge is 0.352 e. The third-order valence-electron chi connectivity index (χ3n) is 3.34. The Morgan fingerprint density at radius 3 is 3.05 bits per heavy atom. The van der Waals surface area contributed by atoms with Gasteiger partial charge in [0.05, 0.1) is 17.4 Å². The van der Waals surface area contributed by atoms with E-state index in [1.54, 1.807) is 17.5 Å². The van der Waals surface area contributed by atoms with Crippen molar-refractivity contribution in [2.75, 3.05) is 0 Å². The van der Waals surface area contributed by atoms with Gasteiger partial charge in [0.2, 0.25) is 5.91 Å². The SMILES string of the molecule is CC(NCc1csc(-c2ccccn2)n1)C(=O)NC1CC1. The van der Waals surface area contributed by atoms with Gasteiger partial charge in [-0.25, -0.2) is 4.98 Å². The Kier molecular flexibility index (Phi) is 4.26. The molecule has 1 unspecified atom stereocenters. The second kappa shape index (κ2) is 6.32. The minimum Gasteiger partial charge on any atom is -0.352 e. The standard InChI is InChI=1S/C15H18N4OS/c1-10(14(20)18-11-5-6-11)17-8-12-9-21-15(19-12)13-4-2-3-7-16-13/h2-4,7,9-11,17H,5-6,8H2,1H3,(H,18,20).